The van der Waals surface area contributed by atoms with Crippen LogP contribution >= 0.6 is 0 Å². The van der Waals surface area contributed by atoms with E-state index in [4.69, 9.17) is 4.84 Å². The van der Waals surface area contributed by atoms with E-state index in [2.05, 4.69) is 4.99 Å². The van der Waals surface area contributed by atoms with Crippen LogP contribution in [0.15, 0.2) is 4.99 Å². The van der Waals surface area contributed by atoms with E-state index < -0.39 is 0 Å². The average Bonchev–Trinajstić information content (AvgIpc) is 2.39. The molecule has 0 spiro atoms. The van der Waals surface area contributed by atoms with Crippen molar-refractivity contribution in [2.45, 2.75) is 13.8 Å². The van der Waals surface area contributed by atoms with Gasteiger partial charge in [0.1, 0.15) is 6.34 Å². The highest BCUT2D eigenvalue weighted by Crippen LogP contribution is 2.00. The Balaban J connectivity index is 2.30. The van der Waals surface area contributed by atoms with Gasteiger partial charge in [0.25, 0.3) is 0 Å². The predicted octanol–water partition coefficient (Wildman–Crippen LogP) is 0.444. The van der Waals surface area contributed by atoms with Gasteiger partial charge in [0, 0.05) is 0 Å². The summed E-state index contributed by atoms with van der Waals surface area (Å²) in [6.07, 6.45) is 1.54. The maximum atomic E-state index is 11.0. The Labute approximate surface area is 65.8 Å². The molecule has 1 heterocycles. The Kier molecular flexibility index (Phi) is 2.46. The second-order valence-corrected chi connectivity index (χ2v) is 2.73. The van der Waals surface area contributed by atoms with Crippen molar-refractivity contribution in [3.63, 3.8) is 0 Å². The predicted molar refractivity (Wildman–Crippen MR) is 41.0 cm³/mol. The van der Waals surface area contributed by atoms with Crippen LogP contribution in [0.5, 0.6) is 0 Å². The molecule has 11 heavy (non-hydrogen) atoms. The van der Waals surface area contributed by atoms with Gasteiger partial charge in [-0.15, -0.1) is 0 Å². The molecule has 1 rings (SSSR count). The highest BCUT2D eigenvalue weighted by molar-refractivity contribution is 5.72. The molecule has 1 aliphatic rings. The zero-order chi connectivity index (χ0) is 8.27. The van der Waals surface area contributed by atoms with E-state index in [1.54, 1.807) is 20.2 Å². The van der Waals surface area contributed by atoms with Crippen molar-refractivity contribution in [3.05, 3.63) is 0 Å². The molecular weight excluding hydrogens is 144 g/mol. The molecule has 0 aromatic heterocycles. The second kappa shape index (κ2) is 3.37. The lowest BCUT2D eigenvalue weighted by Crippen LogP contribution is -2.26. The summed E-state index contributed by atoms with van der Waals surface area (Å²) in [4.78, 5) is 19.8. The van der Waals surface area contributed by atoms with Crippen LogP contribution in [0.4, 0.5) is 0 Å². The first kappa shape index (κ1) is 8.04. The topological polar surface area (TPSA) is 41.9 Å². The molecule has 62 valence electrons. The van der Waals surface area contributed by atoms with Crippen molar-refractivity contribution in [1.82, 2.24) is 5.06 Å². The van der Waals surface area contributed by atoms with Gasteiger partial charge in [0.05, 0.1) is 19.0 Å². The summed E-state index contributed by atoms with van der Waals surface area (Å²) in [5.74, 6) is -0.289. The van der Waals surface area contributed by atoms with Gasteiger partial charge >= 0.3 is 5.97 Å². The fraction of sp³-hybridized carbons (Fsp3) is 0.714. The number of aliphatic imine (C=N–C) groups is 1. The second-order valence-electron chi connectivity index (χ2n) is 2.73. The number of hydrogen-bond acceptors (Lipinski definition) is 4. The minimum atomic E-state index is -0.210. The van der Waals surface area contributed by atoms with Gasteiger partial charge in [0.2, 0.25) is 0 Å². The Hall–Kier alpha value is -1.06. The molecule has 0 unspecified atom stereocenters. The van der Waals surface area contributed by atoms with Gasteiger partial charge in [-0.3, -0.25) is 4.99 Å². The lowest BCUT2D eigenvalue weighted by molar-refractivity contribution is -0.174. The van der Waals surface area contributed by atoms with Gasteiger partial charge in [0.15, 0.2) is 0 Å². The normalized spacial score (nSPS) is 16.1. The maximum absolute atomic E-state index is 11.0. The quantitative estimate of drug-likeness (QED) is 0.582. The zero-order valence-electron chi connectivity index (χ0n) is 6.78. The lowest BCUT2D eigenvalue weighted by atomic mass is 10.2. The summed E-state index contributed by atoms with van der Waals surface area (Å²) < 4.78 is 0. The van der Waals surface area contributed by atoms with E-state index in [9.17, 15) is 4.79 Å². The van der Waals surface area contributed by atoms with Crippen LogP contribution < -0.4 is 0 Å². The first-order valence-corrected chi connectivity index (χ1v) is 3.68. The Bertz CT molecular complexity index is 177. The van der Waals surface area contributed by atoms with Crippen molar-refractivity contribution in [2.24, 2.45) is 10.9 Å². The molecule has 0 aromatic rings. The summed E-state index contributed by atoms with van der Waals surface area (Å²) in [6.45, 7) is 4.99. The Morgan fingerprint density at radius 3 is 2.91 bits per heavy atom. The summed E-state index contributed by atoms with van der Waals surface area (Å²) >= 11 is 0. The number of hydrogen-bond donors (Lipinski definition) is 0. The molecule has 0 aliphatic carbocycles. The highest BCUT2D eigenvalue weighted by Gasteiger charge is 2.14. The molecule has 4 nitrogen and oxygen atoms in total. The lowest BCUT2D eigenvalue weighted by Gasteiger charge is -2.13. The van der Waals surface area contributed by atoms with E-state index >= 15 is 0 Å². The fourth-order valence-electron chi connectivity index (χ4n) is 0.653. The summed E-state index contributed by atoms with van der Waals surface area (Å²) in [5.41, 5.74) is 0. The van der Waals surface area contributed by atoms with Crippen molar-refractivity contribution in [3.8, 4) is 0 Å². The monoisotopic (exact) mass is 156 g/mol. The maximum Gasteiger partial charge on any atom is 0.334 e. The fourth-order valence-corrected chi connectivity index (χ4v) is 0.653. The summed E-state index contributed by atoms with van der Waals surface area (Å²) in [6, 6.07) is 0. The van der Waals surface area contributed by atoms with Crippen molar-refractivity contribution in [2.75, 3.05) is 13.1 Å². The molecule has 0 saturated carbocycles. The van der Waals surface area contributed by atoms with Crippen LogP contribution in [0.3, 0.4) is 0 Å². The third kappa shape index (κ3) is 2.22. The number of nitrogens with zero attached hydrogens (tertiary/aromatic N) is 2. The van der Waals surface area contributed by atoms with E-state index in [1.807, 2.05) is 0 Å². The zero-order valence-corrected chi connectivity index (χ0v) is 6.78. The largest absolute Gasteiger partial charge is 0.340 e. The minimum Gasteiger partial charge on any atom is -0.340 e. The van der Waals surface area contributed by atoms with Crippen LogP contribution in [0, 0.1) is 5.92 Å². The molecule has 4 heteroatoms. The first-order chi connectivity index (χ1) is 5.20. The van der Waals surface area contributed by atoms with E-state index in [1.165, 1.54) is 5.06 Å². The molecule has 0 aromatic carbocycles. The molecule has 0 amide bonds. The minimum absolute atomic E-state index is 0.0796. The average molecular weight is 156 g/mol. The highest BCUT2D eigenvalue weighted by atomic mass is 16.7. The number of carbonyl (C=O) groups excluding carboxylic acids is 1. The number of carbonyl (C=O) groups is 1. The number of hydroxylamine groups is 2. The van der Waals surface area contributed by atoms with Crippen LogP contribution in [0.2, 0.25) is 0 Å². The van der Waals surface area contributed by atoms with Gasteiger partial charge in [-0.05, 0) is 0 Å². The van der Waals surface area contributed by atoms with Crippen LogP contribution in [0.1, 0.15) is 13.8 Å². The standard InChI is InChI=1S/C7H12N2O2/c1-6(2)7(10)11-9-4-3-8-5-9/h5-6H,3-4H2,1-2H3. The van der Waals surface area contributed by atoms with Crippen LogP contribution in [-0.4, -0.2) is 30.5 Å². The smallest absolute Gasteiger partial charge is 0.334 e. The molecular formula is C7H12N2O2. The molecule has 0 N–H and O–H groups in total. The van der Waals surface area contributed by atoms with E-state index in [-0.39, 0.29) is 11.9 Å². The molecule has 0 atom stereocenters. The molecule has 0 radical (unpaired) electrons. The van der Waals surface area contributed by atoms with Crippen LogP contribution in [-0.2, 0) is 9.63 Å². The molecule has 1 aliphatic heterocycles. The van der Waals surface area contributed by atoms with Gasteiger partial charge < -0.3 is 4.84 Å². The van der Waals surface area contributed by atoms with E-state index in [0.717, 1.165) is 0 Å². The first-order valence-electron chi connectivity index (χ1n) is 3.68. The third-order valence-electron chi connectivity index (χ3n) is 1.34. The van der Waals surface area contributed by atoms with Crippen molar-refractivity contribution in [1.29, 1.82) is 0 Å². The molecule has 0 fully saturated rings. The summed E-state index contributed by atoms with van der Waals surface area (Å²) in [7, 11) is 0. The molecule has 0 bridgehead atoms. The molecule has 0 saturated heterocycles. The van der Waals surface area contributed by atoms with Gasteiger partial charge in [-0.25, -0.2) is 4.79 Å². The van der Waals surface area contributed by atoms with Crippen molar-refractivity contribution >= 4 is 12.3 Å². The van der Waals surface area contributed by atoms with Gasteiger partial charge in [-0.2, -0.15) is 5.06 Å². The van der Waals surface area contributed by atoms with Gasteiger partial charge in [-0.1, -0.05) is 13.8 Å². The Morgan fingerprint density at radius 1 is 1.73 bits per heavy atom. The van der Waals surface area contributed by atoms with Crippen molar-refractivity contribution < 1.29 is 9.63 Å². The summed E-state index contributed by atoms with van der Waals surface area (Å²) in [5, 5.41) is 1.46. The number of rotatable bonds is 2. The van der Waals surface area contributed by atoms with Crippen LogP contribution in [0.25, 0.3) is 0 Å². The SMILES string of the molecule is CC(C)C(=O)ON1C=NCC1. The van der Waals surface area contributed by atoms with E-state index in [0.29, 0.717) is 13.1 Å². The third-order valence-corrected chi connectivity index (χ3v) is 1.34. The Morgan fingerprint density at radius 2 is 2.45 bits per heavy atom.